The van der Waals surface area contributed by atoms with Gasteiger partial charge in [-0.1, -0.05) is 0 Å². The van der Waals surface area contributed by atoms with Crippen molar-refractivity contribution in [3.8, 4) is 0 Å². The van der Waals surface area contributed by atoms with Crippen LogP contribution in [-0.2, 0) is 21.9 Å². The fourth-order valence-corrected chi connectivity index (χ4v) is 4.68. The van der Waals surface area contributed by atoms with E-state index in [0.29, 0.717) is 11.4 Å². The first-order chi connectivity index (χ1) is 11.1. The second-order valence-electron chi connectivity index (χ2n) is 6.47. The van der Waals surface area contributed by atoms with Gasteiger partial charge in [0.05, 0.1) is 17.4 Å². The highest BCUT2D eigenvalue weighted by molar-refractivity contribution is 7.89. The molecule has 0 radical (unpaired) electrons. The molecule has 2 heterocycles. The smallest absolute Gasteiger partial charge is 0.244 e. The van der Waals surface area contributed by atoms with Crippen molar-refractivity contribution >= 4 is 28.3 Å². The molecule has 10 heteroatoms. The Morgan fingerprint density at radius 1 is 1.40 bits per heavy atom. The first kappa shape index (κ1) is 21.9. The minimum Gasteiger partial charge on any atom is -0.350 e. The molecule has 3 atom stereocenters. The van der Waals surface area contributed by atoms with Crippen LogP contribution in [-0.4, -0.2) is 48.8 Å². The van der Waals surface area contributed by atoms with Crippen molar-refractivity contribution in [2.24, 2.45) is 7.05 Å². The van der Waals surface area contributed by atoms with Crippen LogP contribution in [0.25, 0.3) is 0 Å². The third kappa shape index (κ3) is 4.93. The van der Waals surface area contributed by atoms with Crippen LogP contribution >= 0.6 is 12.4 Å². The highest BCUT2D eigenvalue weighted by Gasteiger charge is 2.29. The van der Waals surface area contributed by atoms with Gasteiger partial charge in [-0.2, -0.15) is 9.82 Å². The molecule has 1 aliphatic heterocycles. The summed E-state index contributed by atoms with van der Waals surface area (Å²) in [6.07, 6.45) is 1.88. The second kappa shape index (κ2) is 8.48. The number of carbonyl (C=O) groups excluding carboxylic acids is 1. The Morgan fingerprint density at radius 3 is 2.56 bits per heavy atom. The molecule has 25 heavy (non-hydrogen) atoms. The quantitative estimate of drug-likeness (QED) is 0.670. The summed E-state index contributed by atoms with van der Waals surface area (Å²) >= 11 is 0. The molecule has 1 saturated heterocycles. The van der Waals surface area contributed by atoms with Gasteiger partial charge in [0.2, 0.25) is 15.9 Å². The van der Waals surface area contributed by atoms with Crippen LogP contribution in [0.15, 0.2) is 4.90 Å². The molecule has 0 saturated carbocycles. The average Bonchev–Trinajstić information content (AvgIpc) is 2.74. The molecule has 144 valence electrons. The van der Waals surface area contributed by atoms with Crippen molar-refractivity contribution in [2.45, 2.75) is 63.6 Å². The van der Waals surface area contributed by atoms with E-state index in [1.165, 1.54) is 4.68 Å². The first-order valence-electron chi connectivity index (χ1n) is 8.19. The highest BCUT2D eigenvalue weighted by atomic mass is 35.5. The van der Waals surface area contributed by atoms with Gasteiger partial charge in [-0.25, -0.2) is 8.42 Å². The van der Waals surface area contributed by atoms with Gasteiger partial charge in [0, 0.05) is 19.1 Å². The van der Waals surface area contributed by atoms with E-state index in [2.05, 4.69) is 20.5 Å². The molecule has 1 fully saturated rings. The molecular weight excluding hydrogens is 366 g/mol. The fourth-order valence-electron chi connectivity index (χ4n) is 3.04. The number of aromatic nitrogens is 2. The minimum absolute atomic E-state index is 0. The summed E-state index contributed by atoms with van der Waals surface area (Å²) < 4.78 is 29.2. The number of nitrogens with one attached hydrogen (secondary N) is 3. The summed E-state index contributed by atoms with van der Waals surface area (Å²) in [7, 11) is -2.12. The van der Waals surface area contributed by atoms with E-state index in [4.69, 9.17) is 0 Å². The zero-order valence-electron chi connectivity index (χ0n) is 15.3. The lowest BCUT2D eigenvalue weighted by Gasteiger charge is -2.31. The molecule has 1 aliphatic rings. The van der Waals surface area contributed by atoms with E-state index < -0.39 is 16.1 Å². The lowest BCUT2D eigenvalue weighted by Crippen LogP contribution is -2.55. The lowest BCUT2D eigenvalue weighted by atomic mass is 9.99. The van der Waals surface area contributed by atoms with Crippen LogP contribution in [0.1, 0.15) is 38.1 Å². The number of halogens is 1. The maximum absolute atomic E-state index is 12.6. The maximum atomic E-state index is 12.6. The lowest BCUT2D eigenvalue weighted by molar-refractivity contribution is -0.123. The van der Waals surface area contributed by atoms with Crippen molar-refractivity contribution in [3.05, 3.63) is 11.4 Å². The summed E-state index contributed by atoms with van der Waals surface area (Å²) in [6.45, 7) is 7.84. The monoisotopic (exact) mass is 393 g/mol. The number of rotatable bonds is 5. The van der Waals surface area contributed by atoms with Gasteiger partial charge in [0.15, 0.2) is 0 Å². The Kier molecular flexibility index (Phi) is 7.42. The van der Waals surface area contributed by atoms with E-state index in [9.17, 15) is 13.2 Å². The van der Waals surface area contributed by atoms with Crippen molar-refractivity contribution < 1.29 is 13.2 Å². The van der Waals surface area contributed by atoms with Crippen molar-refractivity contribution in [2.75, 3.05) is 6.54 Å². The summed E-state index contributed by atoms with van der Waals surface area (Å²) in [4.78, 5) is 12.5. The third-order valence-electron chi connectivity index (χ3n) is 4.53. The van der Waals surface area contributed by atoms with Crippen LogP contribution in [0.3, 0.4) is 0 Å². The molecule has 1 amide bonds. The summed E-state index contributed by atoms with van der Waals surface area (Å²) in [5.41, 5.74) is 0.956. The standard InChI is InChI=1S/C15H27N5O3S.ClH/c1-9-13(7-6-8-16-9)17-15(21)11(3)19-24(22,23)14-10(2)18-20(5)12(14)4;/h9,11,13,16,19H,6-8H2,1-5H3,(H,17,21);1H. The van der Waals surface area contributed by atoms with Crippen LogP contribution in [0.4, 0.5) is 0 Å². The van der Waals surface area contributed by atoms with E-state index >= 15 is 0 Å². The van der Waals surface area contributed by atoms with Gasteiger partial charge in [0.25, 0.3) is 0 Å². The Morgan fingerprint density at radius 2 is 2.04 bits per heavy atom. The maximum Gasteiger partial charge on any atom is 0.244 e. The number of amides is 1. The minimum atomic E-state index is -3.81. The number of carbonyl (C=O) groups is 1. The fraction of sp³-hybridized carbons (Fsp3) is 0.733. The SMILES string of the molecule is Cc1nn(C)c(C)c1S(=O)(=O)NC(C)C(=O)NC1CCCNC1C.Cl. The predicted octanol–water partition coefficient (Wildman–Crippen LogP) is 0.382. The summed E-state index contributed by atoms with van der Waals surface area (Å²) in [6, 6.07) is -0.669. The molecule has 1 aromatic rings. The first-order valence-corrected chi connectivity index (χ1v) is 9.68. The number of nitrogens with zero attached hydrogens (tertiary/aromatic N) is 2. The van der Waals surface area contributed by atoms with E-state index in [1.54, 1.807) is 27.8 Å². The summed E-state index contributed by atoms with van der Waals surface area (Å²) in [5.74, 6) is -0.321. The largest absolute Gasteiger partial charge is 0.350 e. The van der Waals surface area contributed by atoms with Gasteiger partial charge in [0.1, 0.15) is 4.90 Å². The molecule has 1 aromatic heterocycles. The van der Waals surface area contributed by atoms with Gasteiger partial charge < -0.3 is 10.6 Å². The molecule has 0 spiro atoms. The van der Waals surface area contributed by atoms with Crippen LogP contribution in [0.2, 0.25) is 0 Å². The van der Waals surface area contributed by atoms with Gasteiger partial charge in [-0.15, -0.1) is 12.4 Å². The highest BCUT2D eigenvalue weighted by Crippen LogP contribution is 2.18. The summed E-state index contributed by atoms with van der Waals surface area (Å²) in [5, 5.41) is 10.4. The number of hydrogen-bond acceptors (Lipinski definition) is 5. The zero-order chi connectivity index (χ0) is 18.1. The van der Waals surface area contributed by atoms with E-state index in [1.807, 2.05) is 6.92 Å². The molecule has 3 N–H and O–H groups in total. The van der Waals surface area contributed by atoms with Crippen molar-refractivity contribution in [1.29, 1.82) is 0 Å². The predicted molar refractivity (Wildman–Crippen MR) is 98.3 cm³/mol. The molecule has 2 rings (SSSR count). The number of sulfonamides is 1. The number of piperidine rings is 1. The molecule has 8 nitrogen and oxygen atoms in total. The van der Waals surface area contributed by atoms with Gasteiger partial charge >= 0.3 is 0 Å². The van der Waals surface area contributed by atoms with Crippen LogP contribution in [0, 0.1) is 13.8 Å². The zero-order valence-corrected chi connectivity index (χ0v) is 16.9. The molecular formula is C15H28ClN5O3S. The van der Waals surface area contributed by atoms with Crippen LogP contribution in [0.5, 0.6) is 0 Å². The van der Waals surface area contributed by atoms with Gasteiger partial charge in [-0.3, -0.25) is 9.48 Å². The van der Waals surface area contributed by atoms with Gasteiger partial charge in [-0.05, 0) is 47.1 Å². The Labute approximate surface area is 155 Å². The molecule has 3 unspecified atom stereocenters. The van der Waals surface area contributed by atoms with E-state index in [0.717, 1.165) is 19.4 Å². The Hall–Kier alpha value is -1.16. The number of aryl methyl sites for hydroxylation is 2. The van der Waals surface area contributed by atoms with Crippen LogP contribution < -0.4 is 15.4 Å². The van der Waals surface area contributed by atoms with E-state index in [-0.39, 0.29) is 35.3 Å². The Balaban J connectivity index is 0.00000312. The molecule has 0 aromatic carbocycles. The Bertz CT molecular complexity index is 719. The number of hydrogen-bond donors (Lipinski definition) is 3. The topological polar surface area (TPSA) is 105 Å². The third-order valence-corrected chi connectivity index (χ3v) is 6.32. The van der Waals surface area contributed by atoms with Crippen molar-refractivity contribution in [1.82, 2.24) is 25.1 Å². The molecule has 0 bridgehead atoms. The molecule has 0 aliphatic carbocycles. The second-order valence-corrected chi connectivity index (χ2v) is 8.12. The normalized spacial score (nSPS) is 22.1. The average molecular weight is 394 g/mol. The van der Waals surface area contributed by atoms with Crippen molar-refractivity contribution in [3.63, 3.8) is 0 Å².